The standard InChI is InChI=1S/C30H33N3O2/c34-29(31-21-26-9-6-20-33-19-5-4-10-28(26)33)24-15-17-27(18-16-24)32-30(35)25-13-11-23(12-14-25)22-7-2-1-3-8-22/h1-3,7-8,11-18,26,28H,4-6,9-10,19-21H2,(H,31,34)(H,32,35). The van der Waals surface area contributed by atoms with Crippen LogP contribution in [-0.2, 0) is 0 Å². The van der Waals surface area contributed by atoms with E-state index in [0.29, 0.717) is 28.8 Å². The Morgan fingerprint density at radius 1 is 0.714 bits per heavy atom. The number of anilines is 1. The van der Waals surface area contributed by atoms with E-state index in [9.17, 15) is 9.59 Å². The van der Waals surface area contributed by atoms with E-state index in [2.05, 4.69) is 15.5 Å². The predicted molar refractivity (Wildman–Crippen MR) is 141 cm³/mol. The van der Waals surface area contributed by atoms with Crippen molar-refractivity contribution in [1.82, 2.24) is 10.2 Å². The summed E-state index contributed by atoms with van der Waals surface area (Å²) in [6.07, 6.45) is 6.27. The molecule has 5 rings (SSSR count). The Morgan fingerprint density at radius 3 is 2.14 bits per heavy atom. The lowest BCUT2D eigenvalue weighted by Gasteiger charge is -2.44. The first-order valence-corrected chi connectivity index (χ1v) is 12.8. The zero-order chi connectivity index (χ0) is 24.0. The van der Waals surface area contributed by atoms with Crippen LogP contribution in [0.15, 0.2) is 78.9 Å². The summed E-state index contributed by atoms with van der Waals surface area (Å²) in [7, 11) is 0. The van der Waals surface area contributed by atoms with Crippen molar-refractivity contribution in [2.75, 3.05) is 25.0 Å². The van der Waals surface area contributed by atoms with E-state index in [0.717, 1.165) is 17.7 Å². The number of nitrogens with zero attached hydrogens (tertiary/aromatic N) is 1. The molecule has 0 radical (unpaired) electrons. The Hall–Kier alpha value is -3.44. The van der Waals surface area contributed by atoms with Crippen LogP contribution in [0.4, 0.5) is 5.69 Å². The monoisotopic (exact) mass is 467 g/mol. The quantitative estimate of drug-likeness (QED) is 0.496. The van der Waals surface area contributed by atoms with Gasteiger partial charge in [-0.2, -0.15) is 0 Å². The lowest BCUT2D eigenvalue weighted by Crippen LogP contribution is -2.51. The number of carbonyl (C=O) groups excluding carboxylic acids is 2. The number of carbonyl (C=O) groups is 2. The van der Waals surface area contributed by atoms with Crippen molar-refractivity contribution in [3.8, 4) is 11.1 Å². The van der Waals surface area contributed by atoms with Gasteiger partial charge in [-0.05, 0) is 92.2 Å². The number of benzene rings is 3. The number of hydrogen-bond acceptors (Lipinski definition) is 3. The van der Waals surface area contributed by atoms with Gasteiger partial charge in [0.05, 0.1) is 0 Å². The Bertz CT molecular complexity index is 1140. The van der Waals surface area contributed by atoms with Gasteiger partial charge in [-0.15, -0.1) is 0 Å². The van der Waals surface area contributed by atoms with Gasteiger partial charge in [0.25, 0.3) is 11.8 Å². The summed E-state index contributed by atoms with van der Waals surface area (Å²) in [5.74, 6) is 0.322. The lowest BCUT2D eigenvalue weighted by molar-refractivity contribution is 0.0575. The first-order chi connectivity index (χ1) is 17.2. The van der Waals surface area contributed by atoms with Gasteiger partial charge >= 0.3 is 0 Å². The molecule has 3 aromatic rings. The molecule has 3 aromatic carbocycles. The third-order valence-corrected chi connectivity index (χ3v) is 7.41. The molecule has 35 heavy (non-hydrogen) atoms. The second-order valence-electron chi connectivity index (χ2n) is 9.69. The van der Waals surface area contributed by atoms with Crippen molar-refractivity contribution >= 4 is 17.5 Å². The van der Waals surface area contributed by atoms with Crippen molar-refractivity contribution in [3.63, 3.8) is 0 Å². The summed E-state index contributed by atoms with van der Waals surface area (Å²) in [5, 5.41) is 6.08. The van der Waals surface area contributed by atoms with Gasteiger partial charge in [0.15, 0.2) is 0 Å². The van der Waals surface area contributed by atoms with E-state index in [1.165, 1.54) is 45.2 Å². The van der Waals surface area contributed by atoms with Crippen molar-refractivity contribution in [1.29, 1.82) is 0 Å². The molecule has 5 heteroatoms. The maximum atomic E-state index is 12.7. The largest absolute Gasteiger partial charge is 0.352 e. The number of hydrogen-bond donors (Lipinski definition) is 2. The third-order valence-electron chi connectivity index (χ3n) is 7.41. The zero-order valence-electron chi connectivity index (χ0n) is 20.1. The van der Waals surface area contributed by atoms with Crippen LogP contribution in [0.5, 0.6) is 0 Å². The van der Waals surface area contributed by atoms with E-state index in [1.54, 1.807) is 24.3 Å². The number of piperidine rings is 2. The molecular formula is C30H33N3O2. The highest BCUT2D eigenvalue weighted by molar-refractivity contribution is 6.04. The van der Waals surface area contributed by atoms with Crippen LogP contribution in [0.2, 0.25) is 0 Å². The van der Waals surface area contributed by atoms with Gasteiger partial charge in [0, 0.05) is 29.4 Å². The van der Waals surface area contributed by atoms with Crippen molar-refractivity contribution in [2.24, 2.45) is 5.92 Å². The molecule has 0 saturated carbocycles. The Morgan fingerprint density at radius 2 is 1.37 bits per heavy atom. The van der Waals surface area contributed by atoms with Gasteiger partial charge in [-0.3, -0.25) is 9.59 Å². The van der Waals surface area contributed by atoms with E-state index in [-0.39, 0.29) is 11.8 Å². The Kier molecular flexibility index (Phi) is 7.24. The van der Waals surface area contributed by atoms with E-state index in [4.69, 9.17) is 0 Å². The molecule has 2 unspecified atom stereocenters. The predicted octanol–water partition coefficient (Wildman–Crippen LogP) is 5.60. The maximum Gasteiger partial charge on any atom is 0.255 e. The van der Waals surface area contributed by atoms with Crippen molar-refractivity contribution < 1.29 is 9.59 Å². The second-order valence-corrected chi connectivity index (χ2v) is 9.69. The molecule has 2 amide bonds. The minimum Gasteiger partial charge on any atom is -0.352 e. The number of fused-ring (bicyclic) bond motifs is 1. The first kappa shape index (κ1) is 23.3. The molecule has 2 N–H and O–H groups in total. The van der Waals surface area contributed by atoms with Crippen LogP contribution in [0.3, 0.4) is 0 Å². The minimum atomic E-state index is -0.170. The van der Waals surface area contributed by atoms with E-state index < -0.39 is 0 Å². The summed E-state index contributed by atoms with van der Waals surface area (Å²) in [4.78, 5) is 28.0. The summed E-state index contributed by atoms with van der Waals surface area (Å²) in [6, 6.07) is 25.4. The SMILES string of the molecule is O=C(NCC1CCCN2CCCCC12)c1ccc(NC(=O)c2ccc(-c3ccccc3)cc2)cc1. The average molecular weight is 468 g/mol. The molecule has 2 atom stereocenters. The summed E-state index contributed by atoms with van der Waals surface area (Å²) >= 11 is 0. The third kappa shape index (κ3) is 5.63. The fourth-order valence-electron chi connectivity index (χ4n) is 5.49. The summed E-state index contributed by atoms with van der Waals surface area (Å²) < 4.78 is 0. The van der Waals surface area contributed by atoms with E-state index >= 15 is 0 Å². The van der Waals surface area contributed by atoms with Crippen LogP contribution in [0.1, 0.15) is 52.8 Å². The van der Waals surface area contributed by atoms with Crippen molar-refractivity contribution in [2.45, 2.75) is 38.1 Å². The highest BCUT2D eigenvalue weighted by atomic mass is 16.2. The second kappa shape index (κ2) is 10.9. The van der Waals surface area contributed by atoms with Crippen molar-refractivity contribution in [3.05, 3.63) is 90.0 Å². The van der Waals surface area contributed by atoms with Gasteiger partial charge in [0.1, 0.15) is 0 Å². The van der Waals surface area contributed by atoms with Gasteiger partial charge in [-0.25, -0.2) is 0 Å². The number of rotatable bonds is 6. The van der Waals surface area contributed by atoms with E-state index in [1.807, 2.05) is 54.6 Å². The minimum absolute atomic E-state index is 0.0488. The van der Waals surface area contributed by atoms with Crippen LogP contribution in [0, 0.1) is 5.92 Å². The number of amides is 2. The average Bonchev–Trinajstić information content (AvgIpc) is 2.92. The Labute approximate surface area is 207 Å². The zero-order valence-corrected chi connectivity index (χ0v) is 20.1. The fraction of sp³-hybridized carbons (Fsp3) is 0.333. The topological polar surface area (TPSA) is 61.4 Å². The molecule has 180 valence electrons. The fourth-order valence-corrected chi connectivity index (χ4v) is 5.49. The molecule has 5 nitrogen and oxygen atoms in total. The lowest BCUT2D eigenvalue weighted by atomic mass is 9.83. The first-order valence-electron chi connectivity index (χ1n) is 12.8. The smallest absolute Gasteiger partial charge is 0.255 e. The molecule has 0 aromatic heterocycles. The van der Waals surface area contributed by atoms with Crippen LogP contribution in [-0.4, -0.2) is 42.4 Å². The summed E-state index contributed by atoms with van der Waals surface area (Å²) in [6.45, 7) is 3.15. The Balaban J connectivity index is 1.14. The van der Waals surface area contributed by atoms with Gasteiger partial charge < -0.3 is 15.5 Å². The molecule has 2 heterocycles. The van der Waals surface area contributed by atoms with Gasteiger partial charge in [0.2, 0.25) is 0 Å². The summed E-state index contributed by atoms with van der Waals surface area (Å²) in [5.41, 5.74) is 4.07. The molecule has 2 saturated heterocycles. The number of nitrogens with one attached hydrogen (secondary N) is 2. The molecule has 2 aliphatic rings. The molecule has 0 spiro atoms. The van der Waals surface area contributed by atoms with Gasteiger partial charge in [-0.1, -0.05) is 48.9 Å². The van der Waals surface area contributed by atoms with Crippen LogP contribution >= 0.6 is 0 Å². The maximum absolute atomic E-state index is 12.7. The van der Waals surface area contributed by atoms with Crippen LogP contribution < -0.4 is 10.6 Å². The molecule has 2 fully saturated rings. The molecular weight excluding hydrogens is 434 g/mol. The normalized spacial score (nSPS) is 20.0. The highest BCUT2D eigenvalue weighted by Gasteiger charge is 2.32. The molecule has 2 aliphatic heterocycles. The highest BCUT2D eigenvalue weighted by Crippen LogP contribution is 2.30. The molecule has 0 aliphatic carbocycles. The molecule has 0 bridgehead atoms. The van der Waals surface area contributed by atoms with Crippen LogP contribution in [0.25, 0.3) is 11.1 Å².